The molecule has 0 aromatic heterocycles. The number of aromatic carboxylic acids is 1. The monoisotopic (exact) mass is 493 g/mol. The maximum Gasteiger partial charge on any atom is 0.335 e. The van der Waals surface area contributed by atoms with Gasteiger partial charge < -0.3 is 10.4 Å². The number of carboxylic acid groups (broad SMARTS) is 1. The molecular formula is C33H35NO3. The summed E-state index contributed by atoms with van der Waals surface area (Å²) in [5.74, 6) is 0.926. The number of carbonyl (C=O) groups excluding carboxylic acids is 1. The minimum Gasteiger partial charge on any atom is -0.478 e. The van der Waals surface area contributed by atoms with Crippen molar-refractivity contribution in [3.05, 3.63) is 107 Å². The second-order valence-corrected chi connectivity index (χ2v) is 11.6. The van der Waals surface area contributed by atoms with Crippen LogP contribution in [-0.2, 0) is 11.2 Å². The normalized spacial score (nSPS) is 28.2. The number of hydrogen-bond acceptors (Lipinski definition) is 2. The molecule has 3 aliphatic carbocycles. The number of fused-ring (bicyclic) bond motifs is 5. The van der Waals surface area contributed by atoms with E-state index in [0.29, 0.717) is 23.3 Å². The Balaban J connectivity index is 1.24. The number of carbonyl (C=O) groups is 2. The van der Waals surface area contributed by atoms with Crippen LogP contribution in [0.3, 0.4) is 0 Å². The molecule has 3 aromatic carbocycles. The fourth-order valence-electron chi connectivity index (χ4n) is 8.04. The third-order valence-electron chi connectivity index (χ3n) is 9.84. The Morgan fingerprint density at radius 1 is 0.892 bits per heavy atom. The van der Waals surface area contributed by atoms with Crippen LogP contribution in [0.4, 0.5) is 0 Å². The van der Waals surface area contributed by atoms with Gasteiger partial charge >= 0.3 is 5.97 Å². The van der Waals surface area contributed by atoms with Gasteiger partial charge in [0.05, 0.1) is 11.6 Å². The molecule has 0 spiro atoms. The van der Waals surface area contributed by atoms with Crippen molar-refractivity contribution in [3.8, 4) is 0 Å². The number of nitrogens with one attached hydrogen (secondary N) is 1. The molecule has 6 rings (SSSR count). The van der Waals surface area contributed by atoms with Crippen molar-refractivity contribution in [1.29, 1.82) is 0 Å². The van der Waals surface area contributed by atoms with E-state index in [1.54, 1.807) is 6.07 Å². The molecule has 1 amide bonds. The van der Waals surface area contributed by atoms with Crippen LogP contribution < -0.4 is 5.32 Å². The molecule has 3 aromatic rings. The first kappa shape index (κ1) is 24.0. The molecule has 0 radical (unpaired) electrons. The molecular weight excluding hydrogens is 458 g/mol. The van der Waals surface area contributed by atoms with Crippen LogP contribution in [-0.4, -0.2) is 17.0 Å². The van der Waals surface area contributed by atoms with E-state index in [0.717, 1.165) is 49.7 Å². The van der Waals surface area contributed by atoms with E-state index in [4.69, 9.17) is 0 Å². The standard InChI is InChI=1S/C33H35NO3/c1-33-19-18-26-25-14-13-24(32(36)37)20-23(25)12-15-27(26)28(33)16-17-29(33)31(35)34-30(21-8-4-2-5-9-21)22-10-6-3-7-11-22/h2-11,13-14,20,26-30H,12,15-19H2,1H3,(H,34,35)(H,36,37)/t26-,27-,28+,29-,33+/m1/s1. The maximum atomic E-state index is 14.0. The van der Waals surface area contributed by atoms with E-state index in [1.165, 1.54) is 11.1 Å². The predicted molar refractivity (Wildman–Crippen MR) is 144 cm³/mol. The maximum absolute atomic E-state index is 14.0. The quantitative estimate of drug-likeness (QED) is 0.412. The van der Waals surface area contributed by atoms with Gasteiger partial charge in [0.2, 0.25) is 5.91 Å². The van der Waals surface area contributed by atoms with Gasteiger partial charge in [-0.25, -0.2) is 4.79 Å². The zero-order chi connectivity index (χ0) is 25.6. The number of aryl methyl sites for hydroxylation is 1. The molecule has 3 aliphatic rings. The molecule has 2 fully saturated rings. The summed E-state index contributed by atoms with van der Waals surface area (Å²) in [5, 5.41) is 12.9. The first-order chi connectivity index (χ1) is 18.0. The Morgan fingerprint density at radius 2 is 1.57 bits per heavy atom. The van der Waals surface area contributed by atoms with E-state index >= 15 is 0 Å². The van der Waals surface area contributed by atoms with Crippen LogP contribution in [0.5, 0.6) is 0 Å². The zero-order valence-electron chi connectivity index (χ0n) is 21.4. The van der Waals surface area contributed by atoms with Gasteiger partial charge in [-0.1, -0.05) is 73.7 Å². The molecule has 0 bridgehead atoms. The third-order valence-corrected chi connectivity index (χ3v) is 9.84. The van der Waals surface area contributed by atoms with E-state index in [-0.39, 0.29) is 23.3 Å². The summed E-state index contributed by atoms with van der Waals surface area (Å²) in [4.78, 5) is 25.4. The Hall–Kier alpha value is -3.40. The molecule has 0 aliphatic heterocycles. The van der Waals surface area contributed by atoms with Crippen LogP contribution in [0.2, 0.25) is 0 Å². The third kappa shape index (κ3) is 4.17. The SMILES string of the molecule is C[C@]12CC[C@@H]3c4ccc(C(=O)O)cc4CC[C@H]3[C@@H]1CC[C@@H]2C(=O)NC(c1ccccc1)c1ccccc1. The molecule has 0 unspecified atom stereocenters. The van der Waals surface area contributed by atoms with Crippen molar-refractivity contribution < 1.29 is 14.7 Å². The minimum atomic E-state index is -0.852. The summed E-state index contributed by atoms with van der Waals surface area (Å²) in [6.07, 6.45) is 6.17. The number of carboxylic acids is 1. The van der Waals surface area contributed by atoms with Gasteiger partial charge in [-0.2, -0.15) is 0 Å². The molecule has 4 heteroatoms. The topological polar surface area (TPSA) is 66.4 Å². The highest BCUT2D eigenvalue weighted by Crippen LogP contribution is 2.63. The zero-order valence-corrected chi connectivity index (χ0v) is 21.4. The largest absolute Gasteiger partial charge is 0.478 e. The number of rotatable bonds is 5. The summed E-state index contributed by atoms with van der Waals surface area (Å²) >= 11 is 0. The van der Waals surface area contributed by atoms with Crippen LogP contribution in [0.1, 0.15) is 83.6 Å². The lowest BCUT2D eigenvalue weighted by molar-refractivity contribution is -0.130. The van der Waals surface area contributed by atoms with E-state index in [9.17, 15) is 14.7 Å². The average molecular weight is 494 g/mol. The molecule has 2 saturated carbocycles. The van der Waals surface area contributed by atoms with Gasteiger partial charge in [0.25, 0.3) is 0 Å². The summed E-state index contributed by atoms with van der Waals surface area (Å²) in [5.41, 5.74) is 5.17. The second kappa shape index (κ2) is 9.48. The Bertz CT molecular complexity index is 1260. The van der Waals surface area contributed by atoms with Gasteiger partial charge in [0.15, 0.2) is 0 Å². The molecule has 0 saturated heterocycles. The first-order valence-electron chi connectivity index (χ1n) is 13.7. The van der Waals surface area contributed by atoms with E-state index in [2.05, 4.69) is 42.6 Å². The summed E-state index contributed by atoms with van der Waals surface area (Å²) in [6, 6.07) is 26.1. The highest BCUT2D eigenvalue weighted by Gasteiger charge is 2.56. The van der Waals surface area contributed by atoms with Gasteiger partial charge in [0.1, 0.15) is 0 Å². The van der Waals surface area contributed by atoms with Gasteiger partial charge in [-0.05, 0) is 96.1 Å². The molecule has 190 valence electrons. The molecule has 2 N–H and O–H groups in total. The van der Waals surface area contributed by atoms with Crippen molar-refractivity contribution in [1.82, 2.24) is 5.32 Å². The lowest BCUT2D eigenvalue weighted by Gasteiger charge is -2.50. The minimum absolute atomic E-state index is 0.00167. The Labute approximate surface area is 219 Å². The molecule has 4 nitrogen and oxygen atoms in total. The van der Waals surface area contributed by atoms with Crippen molar-refractivity contribution >= 4 is 11.9 Å². The molecule has 37 heavy (non-hydrogen) atoms. The van der Waals surface area contributed by atoms with Crippen LogP contribution in [0, 0.1) is 23.2 Å². The fourth-order valence-corrected chi connectivity index (χ4v) is 8.04. The number of benzene rings is 3. The van der Waals surface area contributed by atoms with Crippen LogP contribution in [0.25, 0.3) is 0 Å². The molecule has 5 atom stereocenters. The predicted octanol–water partition coefficient (Wildman–Crippen LogP) is 6.76. The van der Waals surface area contributed by atoms with Gasteiger partial charge in [-0.15, -0.1) is 0 Å². The second-order valence-electron chi connectivity index (χ2n) is 11.6. The Kier molecular flexibility index (Phi) is 6.14. The highest BCUT2D eigenvalue weighted by molar-refractivity contribution is 5.88. The van der Waals surface area contributed by atoms with Crippen molar-refractivity contribution in [2.45, 2.75) is 57.4 Å². The molecule has 0 heterocycles. The lowest BCUT2D eigenvalue weighted by Crippen LogP contribution is -2.47. The van der Waals surface area contributed by atoms with Crippen molar-refractivity contribution in [2.24, 2.45) is 23.2 Å². The van der Waals surface area contributed by atoms with Gasteiger partial charge in [0, 0.05) is 5.92 Å². The number of amides is 1. The number of hydrogen-bond donors (Lipinski definition) is 2. The highest BCUT2D eigenvalue weighted by atomic mass is 16.4. The summed E-state index contributed by atoms with van der Waals surface area (Å²) in [6.45, 7) is 2.37. The van der Waals surface area contributed by atoms with E-state index in [1.807, 2.05) is 42.5 Å². The summed E-state index contributed by atoms with van der Waals surface area (Å²) in [7, 11) is 0. The van der Waals surface area contributed by atoms with E-state index < -0.39 is 5.97 Å². The van der Waals surface area contributed by atoms with Crippen molar-refractivity contribution in [2.75, 3.05) is 0 Å². The van der Waals surface area contributed by atoms with Crippen molar-refractivity contribution in [3.63, 3.8) is 0 Å². The first-order valence-corrected chi connectivity index (χ1v) is 13.7. The summed E-state index contributed by atoms with van der Waals surface area (Å²) < 4.78 is 0. The van der Waals surface area contributed by atoms with Crippen LogP contribution in [0.15, 0.2) is 78.9 Å². The Morgan fingerprint density at radius 3 is 2.22 bits per heavy atom. The fraction of sp³-hybridized carbons (Fsp3) is 0.394. The average Bonchev–Trinajstić information content (AvgIpc) is 3.29. The van der Waals surface area contributed by atoms with Crippen LogP contribution >= 0.6 is 0 Å². The lowest BCUT2D eigenvalue weighted by atomic mass is 9.54. The van der Waals surface area contributed by atoms with Gasteiger partial charge in [-0.3, -0.25) is 4.79 Å². The smallest absolute Gasteiger partial charge is 0.335 e.